The normalized spacial score (nSPS) is 14.0. The molecule has 3 rings (SSSR count). The maximum Gasteiger partial charge on any atom is 0.306 e. The van der Waals surface area contributed by atoms with Crippen molar-refractivity contribution in [3.05, 3.63) is 40.7 Å². The molecule has 2 aromatic rings. The Bertz CT molecular complexity index is 788. The van der Waals surface area contributed by atoms with E-state index in [2.05, 4.69) is 15.4 Å². The number of benzene rings is 1. The van der Waals surface area contributed by atoms with Gasteiger partial charge in [0.1, 0.15) is 12.4 Å². The fraction of sp³-hybridized carbons (Fsp3) is 0.333. The number of nitrogens with zero attached hydrogens (tertiary/aromatic N) is 4. The number of nitrogens with one attached hydrogen (secondary N) is 1. The summed E-state index contributed by atoms with van der Waals surface area (Å²) in [6, 6.07) is 5.45. The smallest absolute Gasteiger partial charge is 0.306 e. The highest BCUT2D eigenvalue weighted by atomic mass is 16.6. The first-order valence-electron chi connectivity index (χ1n) is 7.75. The number of rotatable bonds is 5. The van der Waals surface area contributed by atoms with Gasteiger partial charge >= 0.3 is 5.69 Å². The van der Waals surface area contributed by atoms with Crippen LogP contribution < -0.4 is 20.5 Å². The lowest BCUT2D eigenvalue weighted by atomic mass is 10.3. The molecule has 132 valence electrons. The van der Waals surface area contributed by atoms with Crippen LogP contribution in [0.15, 0.2) is 35.6 Å². The molecule has 0 aliphatic carbocycles. The van der Waals surface area contributed by atoms with E-state index >= 15 is 0 Å². The Morgan fingerprint density at radius 2 is 2.20 bits per heavy atom. The third kappa shape index (κ3) is 4.37. The lowest BCUT2D eigenvalue weighted by Gasteiger charge is -2.10. The van der Waals surface area contributed by atoms with Gasteiger partial charge in [0.25, 0.3) is 0 Å². The molecule has 0 saturated carbocycles. The van der Waals surface area contributed by atoms with Gasteiger partial charge in [-0.1, -0.05) is 0 Å². The summed E-state index contributed by atoms with van der Waals surface area (Å²) in [4.78, 5) is 14.3. The van der Waals surface area contributed by atoms with Gasteiger partial charge in [0.2, 0.25) is 0 Å². The van der Waals surface area contributed by atoms with Crippen molar-refractivity contribution in [1.29, 1.82) is 0 Å². The summed E-state index contributed by atoms with van der Waals surface area (Å²) in [5.41, 5.74) is 6.54. The van der Waals surface area contributed by atoms with Gasteiger partial charge in [-0.15, -0.1) is 0 Å². The quantitative estimate of drug-likeness (QED) is 0.362. The van der Waals surface area contributed by atoms with Crippen LogP contribution in [0.4, 0.5) is 11.4 Å². The van der Waals surface area contributed by atoms with Gasteiger partial charge in [-0.05, 0) is 12.1 Å². The maximum absolute atomic E-state index is 10.6. The summed E-state index contributed by atoms with van der Waals surface area (Å²) in [6.07, 6.45) is 3.39. The molecular formula is C15H18N6O4. The standard InChI is InChI=1S/C15H18N6O4/c16-15(17-4-5-20-10-12(9-18-20)21(22)23)19-11-2-3-13-14(8-11)25-7-1-6-24-13/h2-3,8-10H,1,4-7H2,(H3,16,17,19). The van der Waals surface area contributed by atoms with E-state index in [9.17, 15) is 10.1 Å². The van der Waals surface area contributed by atoms with Crippen LogP contribution in [0.5, 0.6) is 11.5 Å². The number of fused-ring (bicyclic) bond motifs is 1. The van der Waals surface area contributed by atoms with E-state index in [1.807, 2.05) is 12.1 Å². The van der Waals surface area contributed by atoms with Crippen molar-refractivity contribution in [1.82, 2.24) is 9.78 Å². The Morgan fingerprint density at radius 3 is 2.96 bits per heavy atom. The molecule has 0 atom stereocenters. The molecule has 0 radical (unpaired) electrons. The predicted octanol–water partition coefficient (Wildman–Crippen LogP) is 1.38. The summed E-state index contributed by atoms with van der Waals surface area (Å²) in [5, 5.41) is 17.5. The molecule has 0 amide bonds. The SMILES string of the molecule is NC(=NCCn1cc([N+](=O)[O-])cn1)Nc1ccc2c(c1)OCCCO2. The monoisotopic (exact) mass is 346 g/mol. The lowest BCUT2D eigenvalue weighted by Crippen LogP contribution is -2.23. The molecule has 0 bridgehead atoms. The number of guanidine groups is 1. The average Bonchev–Trinajstić information content (AvgIpc) is 2.93. The zero-order valence-electron chi connectivity index (χ0n) is 13.4. The number of anilines is 1. The fourth-order valence-corrected chi connectivity index (χ4v) is 2.27. The molecule has 0 saturated heterocycles. The molecular weight excluding hydrogens is 328 g/mol. The summed E-state index contributed by atoms with van der Waals surface area (Å²) in [7, 11) is 0. The zero-order valence-corrected chi connectivity index (χ0v) is 13.4. The van der Waals surface area contributed by atoms with Crippen LogP contribution in [-0.4, -0.2) is 40.4 Å². The lowest BCUT2D eigenvalue weighted by molar-refractivity contribution is -0.385. The second-order valence-corrected chi connectivity index (χ2v) is 5.32. The van der Waals surface area contributed by atoms with Gasteiger partial charge in [0.15, 0.2) is 17.5 Å². The van der Waals surface area contributed by atoms with Crippen molar-refractivity contribution in [3.8, 4) is 11.5 Å². The second-order valence-electron chi connectivity index (χ2n) is 5.32. The Labute approximate surface area is 143 Å². The topological polar surface area (TPSA) is 130 Å². The predicted molar refractivity (Wildman–Crippen MR) is 91.0 cm³/mol. The molecule has 10 heteroatoms. The number of hydrogen-bond acceptors (Lipinski definition) is 6. The number of aromatic nitrogens is 2. The fourth-order valence-electron chi connectivity index (χ4n) is 2.27. The molecule has 0 fully saturated rings. The first kappa shape index (κ1) is 16.6. The van der Waals surface area contributed by atoms with Gasteiger partial charge in [0, 0.05) is 18.2 Å². The van der Waals surface area contributed by atoms with Gasteiger partial charge in [-0.25, -0.2) is 0 Å². The van der Waals surface area contributed by atoms with E-state index in [1.54, 1.807) is 6.07 Å². The molecule has 1 aromatic heterocycles. The summed E-state index contributed by atoms with van der Waals surface area (Å²) >= 11 is 0. The van der Waals surface area contributed by atoms with E-state index in [1.165, 1.54) is 17.1 Å². The van der Waals surface area contributed by atoms with Crippen LogP contribution in [0, 0.1) is 10.1 Å². The van der Waals surface area contributed by atoms with E-state index < -0.39 is 4.92 Å². The summed E-state index contributed by atoms with van der Waals surface area (Å²) < 4.78 is 12.6. The van der Waals surface area contributed by atoms with Gasteiger partial charge in [-0.3, -0.25) is 19.8 Å². The molecule has 10 nitrogen and oxygen atoms in total. The number of ether oxygens (including phenoxy) is 2. The van der Waals surface area contributed by atoms with E-state index in [-0.39, 0.29) is 11.6 Å². The number of aliphatic imine (C=N–C) groups is 1. The molecule has 1 aliphatic rings. The van der Waals surface area contributed by atoms with Crippen molar-refractivity contribution in [3.63, 3.8) is 0 Å². The highest BCUT2D eigenvalue weighted by Gasteiger charge is 2.11. The van der Waals surface area contributed by atoms with Crippen molar-refractivity contribution in [2.45, 2.75) is 13.0 Å². The van der Waals surface area contributed by atoms with Crippen LogP contribution in [0.3, 0.4) is 0 Å². The zero-order chi connectivity index (χ0) is 17.6. The minimum absolute atomic E-state index is 0.0535. The summed E-state index contributed by atoms with van der Waals surface area (Å²) in [5.74, 6) is 1.61. The van der Waals surface area contributed by atoms with Crippen molar-refractivity contribution in [2.24, 2.45) is 10.7 Å². The highest BCUT2D eigenvalue weighted by molar-refractivity contribution is 5.92. The Kier molecular flexibility index (Phi) is 4.97. The van der Waals surface area contributed by atoms with Gasteiger partial charge in [0.05, 0.1) is 31.2 Å². The van der Waals surface area contributed by atoms with Crippen molar-refractivity contribution in [2.75, 3.05) is 25.1 Å². The van der Waals surface area contributed by atoms with Crippen LogP contribution in [0.2, 0.25) is 0 Å². The first-order chi connectivity index (χ1) is 12.1. The Hall–Kier alpha value is -3.30. The maximum atomic E-state index is 10.6. The van der Waals surface area contributed by atoms with Gasteiger partial charge < -0.3 is 20.5 Å². The minimum atomic E-state index is -0.493. The molecule has 3 N–H and O–H groups in total. The molecule has 0 unspecified atom stereocenters. The largest absolute Gasteiger partial charge is 0.490 e. The highest BCUT2D eigenvalue weighted by Crippen LogP contribution is 2.32. The molecule has 1 aliphatic heterocycles. The Balaban J connectivity index is 1.56. The van der Waals surface area contributed by atoms with E-state index in [0.29, 0.717) is 37.8 Å². The van der Waals surface area contributed by atoms with Crippen molar-refractivity contribution >= 4 is 17.3 Å². The van der Waals surface area contributed by atoms with Crippen LogP contribution in [0.1, 0.15) is 6.42 Å². The first-order valence-corrected chi connectivity index (χ1v) is 7.75. The van der Waals surface area contributed by atoms with Crippen molar-refractivity contribution < 1.29 is 14.4 Å². The number of nitrogens with two attached hydrogens (primary N) is 1. The van der Waals surface area contributed by atoms with Crippen LogP contribution in [-0.2, 0) is 6.54 Å². The van der Waals surface area contributed by atoms with E-state index in [0.717, 1.165) is 12.1 Å². The van der Waals surface area contributed by atoms with Crippen LogP contribution in [0.25, 0.3) is 0 Å². The molecule has 0 spiro atoms. The minimum Gasteiger partial charge on any atom is -0.490 e. The molecule has 2 heterocycles. The molecule has 1 aromatic carbocycles. The number of hydrogen-bond donors (Lipinski definition) is 2. The third-order valence-corrected chi connectivity index (χ3v) is 3.46. The summed E-state index contributed by atoms with van der Waals surface area (Å²) in [6.45, 7) is 1.96. The average molecular weight is 346 g/mol. The molecule has 25 heavy (non-hydrogen) atoms. The van der Waals surface area contributed by atoms with E-state index in [4.69, 9.17) is 15.2 Å². The van der Waals surface area contributed by atoms with Crippen LogP contribution >= 0.6 is 0 Å². The number of nitro groups is 1. The second kappa shape index (κ2) is 7.51. The Morgan fingerprint density at radius 1 is 1.40 bits per heavy atom. The third-order valence-electron chi connectivity index (χ3n) is 3.46. The van der Waals surface area contributed by atoms with Gasteiger partial charge in [-0.2, -0.15) is 5.10 Å².